The number of likely N-dealkylation sites (N-methyl/N-ethyl adjacent to an activating group) is 1. The molecule has 0 fully saturated rings. The number of nitrogens with zero attached hydrogens (tertiary/aromatic N) is 1. The lowest BCUT2D eigenvalue weighted by Gasteiger charge is -2.21. The Hall–Kier alpha value is -0.0800. The number of nitrogens with two attached hydrogens (primary N) is 1. The van der Waals surface area contributed by atoms with Crippen LogP contribution in [-0.4, -0.2) is 30.6 Å². The number of hydrogen-bond acceptors (Lipinski definition) is 2. The first-order valence-electron chi connectivity index (χ1n) is 4.22. The summed E-state index contributed by atoms with van der Waals surface area (Å²) in [5.41, 5.74) is 5.78. The highest BCUT2D eigenvalue weighted by atomic mass is 15.1. The van der Waals surface area contributed by atoms with E-state index in [-0.39, 0.29) is 0 Å². The van der Waals surface area contributed by atoms with Crippen molar-refractivity contribution in [1.29, 1.82) is 0 Å². The fraction of sp³-hybridized carbons (Fsp3) is 1.00. The zero-order valence-electron chi connectivity index (χ0n) is 7.43. The van der Waals surface area contributed by atoms with Crippen molar-refractivity contribution >= 4 is 0 Å². The van der Waals surface area contributed by atoms with Gasteiger partial charge in [0.25, 0.3) is 0 Å². The maximum Gasteiger partial charge on any atom is 0.0165 e. The lowest BCUT2D eigenvalue weighted by Crippen LogP contribution is -2.36. The Labute approximate surface area is 64.4 Å². The van der Waals surface area contributed by atoms with Gasteiger partial charge in [0.05, 0.1) is 0 Å². The van der Waals surface area contributed by atoms with Gasteiger partial charge in [0.15, 0.2) is 0 Å². The molecule has 0 saturated carbocycles. The van der Waals surface area contributed by atoms with Crippen molar-refractivity contribution in [2.75, 3.05) is 19.6 Å². The van der Waals surface area contributed by atoms with Crippen LogP contribution in [0.1, 0.15) is 27.2 Å². The van der Waals surface area contributed by atoms with Gasteiger partial charge in [-0.15, -0.1) is 0 Å². The van der Waals surface area contributed by atoms with Gasteiger partial charge < -0.3 is 10.6 Å². The van der Waals surface area contributed by atoms with Gasteiger partial charge in [0, 0.05) is 12.6 Å². The van der Waals surface area contributed by atoms with Crippen LogP contribution in [0.25, 0.3) is 0 Å². The topological polar surface area (TPSA) is 29.3 Å². The van der Waals surface area contributed by atoms with Gasteiger partial charge in [-0.05, 0) is 19.5 Å². The summed E-state index contributed by atoms with van der Waals surface area (Å²) in [4.78, 5) is 2.36. The predicted octanol–water partition coefficient (Wildman–Crippen LogP) is 1.07. The van der Waals surface area contributed by atoms with Crippen molar-refractivity contribution in [3.8, 4) is 0 Å². The summed E-state index contributed by atoms with van der Waals surface area (Å²) >= 11 is 0. The van der Waals surface area contributed by atoms with E-state index in [2.05, 4.69) is 25.7 Å². The fourth-order valence-electron chi connectivity index (χ4n) is 0.943. The standard InChI is InChI=1S/C8H20N2/c1-4-8(9)7-10(5-2)6-3/h8H,4-7,9H2,1-3H3. The molecule has 0 radical (unpaired) electrons. The highest BCUT2D eigenvalue weighted by Crippen LogP contribution is 1.92. The molecule has 0 saturated heterocycles. The maximum absolute atomic E-state index is 5.78. The summed E-state index contributed by atoms with van der Waals surface area (Å²) in [6, 6.07) is 0.361. The van der Waals surface area contributed by atoms with E-state index in [1.54, 1.807) is 0 Å². The smallest absolute Gasteiger partial charge is 0.0165 e. The molecule has 1 atom stereocenters. The minimum absolute atomic E-state index is 0.361. The highest BCUT2D eigenvalue weighted by Gasteiger charge is 2.03. The van der Waals surface area contributed by atoms with Crippen LogP contribution in [0.2, 0.25) is 0 Å². The van der Waals surface area contributed by atoms with Crippen LogP contribution in [0.15, 0.2) is 0 Å². The third kappa shape index (κ3) is 3.85. The van der Waals surface area contributed by atoms with Crippen LogP contribution in [0.3, 0.4) is 0 Å². The SMILES string of the molecule is CCC(N)CN(CC)CC. The summed E-state index contributed by atoms with van der Waals surface area (Å²) in [5.74, 6) is 0. The van der Waals surface area contributed by atoms with Crippen molar-refractivity contribution in [3.05, 3.63) is 0 Å². The Morgan fingerprint density at radius 1 is 1.20 bits per heavy atom. The molecule has 0 rings (SSSR count). The monoisotopic (exact) mass is 144 g/mol. The third-order valence-corrected chi connectivity index (χ3v) is 1.91. The molecule has 1 unspecified atom stereocenters. The van der Waals surface area contributed by atoms with Crippen LogP contribution in [-0.2, 0) is 0 Å². The molecule has 2 N–H and O–H groups in total. The average molecular weight is 144 g/mol. The Bertz CT molecular complexity index is 69.7. The quantitative estimate of drug-likeness (QED) is 0.625. The van der Waals surface area contributed by atoms with Crippen molar-refractivity contribution in [2.24, 2.45) is 5.73 Å². The molecule has 2 heteroatoms. The summed E-state index contributed by atoms with van der Waals surface area (Å²) < 4.78 is 0. The summed E-state index contributed by atoms with van der Waals surface area (Å²) in [5, 5.41) is 0. The molecule has 0 aliphatic heterocycles. The second-order valence-corrected chi connectivity index (χ2v) is 2.65. The van der Waals surface area contributed by atoms with Crippen LogP contribution < -0.4 is 5.73 Å². The van der Waals surface area contributed by atoms with E-state index in [9.17, 15) is 0 Å². The first kappa shape index (κ1) is 9.92. The lowest BCUT2D eigenvalue weighted by molar-refractivity contribution is 0.281. The van der Waals surface area contributed by atoms with Gasteiger partial charge in [-0.2, -0.15) is 0 Å². The average Bonchev–Trinajstić information content (AvgIpc) is 1.99. The van der Waals surface area contributed by atoms with Crippen LogP contribution in [0.5, 0.6) is 0 Å². The second kappa shape index (κ2) is 5.69. The molecule has 0 aliphatic rings. The van der Waals surface area contributed by atoms with Gasteiger partial charge in [-0.25, -0.2) is 0 Å². The zero-order valence-corrected chi connectivity index (χ0v) is 7.43. The van der Waals surface area contributed by atoms with Crippen LogP contribution >= 0.6 is 0 Å². The second-order valence-electron chi connectivity index (χ2n) is 2.65. The van der Waals surface area contributed by atoms with Crippen LogP contribution in [0.4, 0.5) is 0 Å². The van der Waals surface area contributed by atoms with Gasteiger partial charge in [-0.1, -0.05) is 20.8 Å². The Morgan fingerprint density at radius 2 is 1.70 bits per heavy atom. The van der Waals surface area contributed by atoms with E-state index in [0.29, 0.717) is 6.04 Å². The van der Waals surface area contributed by atoms with Gasteiger partial charge in [0.1, 0.15) is 0 Å². The summed E-state index contributed by atoms with van der Waals surface area (Å²) in [7, 11) is 0. The van der Waals surface area contributed by atoms with E-state index in [0.717, 1.165) is 26.1 Å². The van der Waals surface area contributed by atoms with E-state index >= 15 is 0 Å². The largest absolute Gasteiger partial charge is 0.327 e. The van der Waals surface area contributed by atoms with Crippen molar-refractivity contribution < 1.29 is 0 Å². The molecular formula is C8H20N2. The fourth-order valence-corrected chi connectivity index (χ4v) is 0.943. The molecule has 0 amide bonds. The van der Waals surface area contributed by atoms with Gasteiger partial charge in [-0.3, -0.25) is 0 Å². The predicted molar refractivity (Wildman–Crippen MR) is 46.1 cm³/mol. The number of hydrogen-bond donors (Lipinski definition) is 1. The first-order valence-corrected chi connectivity index (χ1v) is 4.22. The third-order valence-electron chi connectivity index (χ3n) is 1.91. The minimum Gasteiger partial charge on any atom is -0.327 e. The van der Waals surface area contributed by atoms with E-state index in [1.807, 2.05) is 0 Å². The van der Waals surface area contributed by atoms with E-state index in [4.69, 9.17) is 5.73 Å². The lowest BCUT2D eigenvalue weighted by atomic mass is 10.2. The molecule has 0 bridgehead atoms. The molecule has 62 valence electrons. The first-order chi connectivity index (χ1) is 4.74. The Kier molecular flexibility index (Phi) is 5.64. The number of rotatable bonds is 5. The van der Waals surface area contributed by atoms with Crippen molar-refractivity contribution in [1.82, 2.24) is 4.90 Å². The molecule has 0 aromatic heterocycles. The normalized spacial score (nSPS) is 14.1. The Balaban J connectivity index is 3.41. The molecular weight excluding hydrogens is 124 g/mol. The summed E-state index contributed by atoms with van der Waals surface area (Å²) in [6.45, 7) is 9.75. The van der Waals surface area contributed by atoms with Gasteiger partial charge in [0.2, 0.25) is 0 Å². The molecule has 0 spiro atoms. The highest BCUT2D eigenvalue weighted by molar-refractivity contribution is 4.63. The van der Waals surface area contributed by atoms with Crippen molar-refractivity contribution in [2.45, 2.75) is 33.2 Å². The molecule has 0 heterocycles. The Morgan fingerprint density at radius 3 is 2.00 bits per heavy atom. The molecule has 0 aromatic rings. The van der Waals surface area contributed by atoms with E-state index < -0.39 is 0 Å². The van der Waals surface area contributed by atoms with Crippen molar-refractivity contribution in [3.63, 3.8) is 0 Å². The molecule has 0 aliphatic carbocycles. The maximum atomic E-state index is 5.78. The van der Waals surface area contributed by atoms with E-state index in [1.165, 1.54) is 0 Å². The summed E-state index contributed by atoms with van der Waals surface area (Å²) in [6.07, 6.45) is 1.08. The zero-order chi connectivity index (χ0) is 7.98. The van der Waals surface area contributed by atoms with Gasteiger partial charge >= 0.3 is 0 Å². The molecule has 2 nitrogen and oxygen atoms in total. The van der Waals surface area contributed by atoms with Crippen LogP contribution in [0, 0.1) is 0 Å². The molecule has 0 aromatic carbocycles. The molecule has 10 heavy (non-hydrogen) atoms. The minimum atomic E-state index is 0.361.